The third-order valence-corrected chi connectivity index (χ3v) is 4.88. The van der Waals surface area contributed by atoms with E-state index in [0.29, 0.717) is 11.8 Å². The molecule has 0 unspecified atom stereocenters. The van der Waals surface area contributed by atoms with Crippen molar-refractivity contribution >= 4 is 23.7 Å². The highest BCUT2D eigenvalue weighted by Crippen LogP contribution is 2.18. The van der Waals surface area contributed by atoms with E-state index < -0.39 is 11.7 Å². The molecule has 23 heavy (non-hydrogen) atoms. The number of carbonyl (C=O) groups is 2. The summed E-state index contributed by atoms with van der Waals surface area (Å²) in [5.74, 6) is -0.0823. The summed E-state index contributed by atoms with van der Waals surface area (Å²) in [5.41, 5.74) is 0.0114. The minimum Gasteiger partial charge on any atom is -0.350 e. The van der Waals surface area contributed by atoms with Crippen molar-refractivity contribution in [2.75, 3.05) is 31.9 Å². The molecule has 1 aromatic rings. The topological polar surface area (TPSA) is 61.4 Å². The van der Waals surface area contributed by atoms with Crippen molar-refractivity contribution < 1.29 is 14.0 Å². The van der Waals surface area contributed by atoms with Crippen LogP contribution in [0.1, 0.15) is 23.7 Å². The molecule has 5 nitrogen and oxygen atoms in total. The number of nitrogens with zero attached hydrogens (tertiary/aromatic N) is 1. The van der Waals surface area contributed by atoms with Crippen LogP contribution in [0, 0.1) is 5.82 Å². The van der Waals surface area contributed by atoms with Gasteiger partial charge in [0.15, 0.2) is 0 Å². The molecule has 1 fully saturated rings. The average molecular weight is 339 g/mol. The zero-order chi connectivity index (χ0) is 16.7. The molecule has 0 aromatic heterocycles. The lowest BCUT2D eigenvalue weighted by Gasteiger charge is -2.20. The molecule has 1 aliphatic heterocycles. The highest BCUT2D eigenvalue weighted by Gasteiger charge is 2.18. The molecule has 7 heteroatoms. The monoisotopic (exact) mass is 339 g/mol. The van der Waals surface area contributed by atoms with Crippen molar-refractivity contribution in [1.29, 1.82) is 0 Å². The van der Waals surface area contributed by atoms with E-state index in [0.717, 1.165) is 25.3 Å². The summed E-state index contributed by atoms with van der Waals surface area (Å²) in [5, 5.41) is 5.96. The van der Waals surface area contributed by atoms with Crippen LogP contribution in [0.2, 0.25) is 0 Å². The van der Waals surface area contributed by atoms with Gasteiger partial charge in [-0.2, -0.15) is 11.8 Å². The number of rotatable bonds is 4. The Kier molecular flexibility index (Phi) is 6.70. The number of thioether (sulfide) groups is 1. The molecule has 2 rings (SSSR count). The highest BCUT2D eigenvalue weighted by atomic mass is 32.2. The molecule has 0 radical (unpaired) electrons. The SMILES string of the molecule is C[C@H]1CCN(C(=O)NCCNC(=O)c2ccccc2F)CCS1. The number of halogens is 1. The molecule has 1 aliphatic rings. The summed E-state index contributed by atoms with van der Waals surface area (Å²) in [7, 11) is 0. The zero-order valence-electron chi connectivity index (χ0n) is 13.2. The maximum atomic E-state index is 13.5. The number of benzene rings is 1. The number of urea groups is 1. The Hall–Kier alpha value is -1.76. The van der Waals surface area contributed by atoms with E-state index in [1.54, 1.807) is 11.0 Å². The van der Waals surface area contributed by atoms with Gasteiger partial charge < -0.3 is 15.5 Å². The van der Waals surface area contributed by atoms with Crippen molar-refractivity contribution in [2.45, 2.75) is 18.6 Å². The molecular formula is C16H22FN3O2S. The van der Waals surface area contributed by atoms with E-state index in [9.17, 15) is 14.0 Å². The molecule has 0 bridgehead atoms. The van der Waals surface area contributed by atoms with Crippen LogP contribution in [-0.2, 0) is 0 Å². The summed E-state index contributed by atoms with van der Waals surface area (Å²) in [4.78, 5) is 25.7. The normalized spacial score (nSPS) is 18.2. The Morgan fingerprint density at radius 2 is 2.00 bits per heavy atom. The Balaban J connectivity index is 1.69. The van der Waals surface area contributed by atoms with Crippen LogP contribution < -0.4 is 10.6 Å². The molecule has 0 saturated carbocycles. The second-order valence-corrected chi connectivity index (χ2v) is 6.97. The van der Waals surface area contributed by atoms with Gasteiger partial charge in [0, 0.05) is 37.2 Å². The quantitative estimate of drug-likeness (QED) is 0.826. The lowest BCUT2D eigenvalue weighted by molar-refractivity contribution is 0.0949. The molecule has 1 aromatic carbocycles. The Morgan fingerprint density at radius 3 is 2.78 bits per heavy atom. The molecule has 0 spiro atoms. The minimum absolute atomic E-state index is 0.0114. The van der Waals surface area contributed by atoms with Crippen LogP contribution in [0.5, 0.6) is 0 Å². The third-order valence-electron chi connectivity index (χ3n) is 3.66. The van der Waals surface area contributed by atoms with Gasteiger partial charge in [0.25, 0.3) is 5.91 Å². The van der Waals surface area contributed by atoms with Crippen molar-refractivity contribution in [3.63, 3.8) is 0 Å². The first-order chi connectivity index (χ1) is 11.1. The summed E-state index contributed by atoms with van der Waals surface area (Å²) in [6.45, 7) is 4.24. The van der Waals surface area contributed by atoms with Gasteiger partial charge in [-0.05, 0) is 18.6 Å². The fourth-order valence-corrected chi connectivity index (χ4v) is 3.30. The lowest BCUT2D eigenvalue weighted by Crippen LogP contribution is -2.44. The van der Waals surface area contributed by atoms with E-state index in [1.165, 1.54) is 18.2 Å². The van der Waals surface area contributed by atoms with Crippen LogP contribution in [0.15, 0.2) is 24.3 Å². The zero-order valence-corrected chi connectivity index (χ0v) is 14.0. The van der Waals surface area contributed by atoms with Gasteiger partial charge in [-0.1, -0.05) is 19.1 Å². The van der Waals surface area contributed by atoms with Crippen LogP contribution in [0.4, 0.5) is 9.18 Å². The summed E-state index contributed by atoms with van der Waals surface area (Å²) in [6.07, 6.45) is 0.988. The highest BCUT2D eigenvalue weighted by molar-refractivity contribution is 7.99. The summed E-state index contributed by atoms with van der Waals surface area (Å²) < 4.78 is 13.5. The van der Waals surface area contributed by atoms with Gasteiger partial charge in [-0.15, -0.1) is 0 Å². The van der Waals surface area contributed by atoms with Crippen LogP contribution >= 0.6 is 11.8 Å². The maximum absolute atomic E-state index is 13.5. The number of nitrogens with one attached hydrogen (secondary N) is 2. The molecule has 1 atom stereocenters. The second kappa shape index (κ2) is 8.76. The Labute approximate surface area is 140 Å². The van der Waals surface area contributed by atoms with Crippen LogP contribution in [-0.4, -0.2) is 54.0 Å². The predicted molar refractivity (Wildman–Crippen MR) is 90.2 cm³/mol. The minimum atomic E-state index is -0.551. The van der Waals surface area contributed by atoms with E-state index in [4.69, 9.17) is 0 Å². The smallest absolute Gasteiger partial charge is 0.317 e. The fourth-order valence-electron chi connectivity index (χ4n) is 2.30. The van der Waals surface area contributed by atoms with Crippen LogP contribution in [0.3, 0.4) is 0 Å². The lowest BCUT2D eigenvalue weighted by atomic mass is 10.2. The standard InChI is InChI=1S/C16H22FN3O2S/c1-12-6-9-20(10-11-23-12)16(22)19-8-7-18-15(21)13-4-2-3-5-14(13)17/h2-5,12H,6-11H2,1H3,(H,18,21)(H,19,22)/t12-/m0/s1. The van der Waals surface area contributed by atoms with Crippen molar-refractivity contribution in [3.8, 4) is 0 Å². The van der Waals surface area contributed by atoms with Gasteiger partial charge in [-0.3, -0.25) is 4.79 Å². The Morgan fingerprint density at radius 1 is 1.26 bits per heavy atom. The summed E-state index contributed by atoms with van der Waals surface area (Å²) >= 11 is 1.88. The first-order valence-corrected chi connectivity index (χ1v) is 8.80. The van der Waals surface area contributed by atoms with E-state index in [-0.39, 0.29) is 18.1 Å². The molecule has 126 valence electrons. The van der Waals surface area contributed by atoms with E-state index >= 15 is 0 Å². The predicted octanol–water partition coefficient (Wildman–Crippen LogP) is 2.09. The second-order valence-electron chi connectivity index (χ2n) is 5.42. The van der Waals surface area contributed by atoms with E-state index in [2.05, 4.69) is 17.6 Å². The molecule has 1 saturated heterocycles. The maximum Gasteiger partial charge on any atom is 0.317 e. The fraction of sp³-hybridized carbons (Fsp3) is 0.500. The van der Waals surface area contributed by atoms with Crippen molar-refractivity contribution in [2.24, 2.45) is 0 Å². The van der Waals surface area contributed by atoms with E-state index in [1.807, 2.05) is 11.8 Å². The van der Waals surface area contributed by atoms with Gasteiger partial charge in [-0.25, -0.2) is 9.18 Å². The average Bonchev–Trinajstić information content (AvgIpc) is 2.76. The summed E-state index contributed by atoms with van der Waals surface area (Å²) in [6, 6.07) is 5.71. The molecule has 0 aliphatic carbocycles. The number of carbonyl (C=O) groups excluding carboxylic acids is 2. The van der Waals surface area contributed by atoms with Crippen LogP contribution in [0.25, 0.3) is 0 Å². The number of hydrogen-bond acceptors (Lipinski definition) is 3. The van der Waals surface area contributed by atoms with Crippen molar-refractivity contribution in [1.82, 2.24) is 15.5 Å². The number of amides is 3. The third kappa shape index (κ3) is 5.42. The molecule has 3 amide bonds. The largest absolute Gasteiger partial charge is 0.350 e. The first-order valence-electron chi connectivity index (χ1n) is 7.75. The van der Waals surface area contributed by atoms with Gasteiger partial charge in [0.1, 0.15) is 5.82 Å². The Bertz CT molecular complexity index is 556. The molecule has 1 heterocycles. The van der Waals surface area contributed by atoms with Gasteiger partial charge >= 0.3 is 6.03 Å². The first kappa shape index (κ1) is 17.6. The molecular weight excluding hydrogens is 317 g/mol. The number of hydrogen-bond donors (Lipinski definition) is 2. The van der Waals surface area contributed by atoms with Crippen molar-refractivity contribution in [3.05, 3.63) is 35.6 Å². The molecule has 2 N–H and O–H groups in total. The van der Waals surface area contributed by atoms with Gasteiger partial charge in [0.2, 0.25) is 0 Å². The van der Waals surface area contributed by atoms with Gasteiger partial charge in [0.05, 0.1) is 5.56 Å².